The minimum absolute atomic E-state index is 0.0309. The van der Waals surface area contributed by atoms with Gasteiger partial charge in [0.1, 0.15) is 23.8 Å². The standard InChI is InChI=1S/C21H21NO4/c1-23-18-9-7-16(8-10-18)20(15-5-3-2-4-6-15)21-17(12-26-22-21)11-24-13-19-14-25-19/h2-10,12,19-20H,11,13-14H2,1H3. The molecular weight excluding hydrogens is 330 g/mol. The zero-order valence-corrected chi connectivity index (χ0v) is 14.6. The van der Waals surface area contributed by atoms with E-state index in [9.17, 15) is 0 Å². The average Bonchev–Trinajstić information content (AvgIpc) is 3.41. The number of rotatable bonds is 8. The summed E-state index contributed by atoms with van der Waals surface area (Å²) >= 11 is 0. The molecule has 1 saturated heterocycles. The van der Waals surface area contributed by atoms with E-state index >= 15 is 0 Å². The van der Waals surface area contributed by atoms with Crippen LogP contribution in [0.5, 0.6) is 5.75 Å². The lowest BCUT2D eigenvalue weighted by molar-refractivity contribution is 0.103. The van der Waals surface area contributed by atoms with Crippen LogP contribution >= 0.6 is 0 Å². The van der Waals surface area contributed by atoms with Gasteiger partial charge in [-0.25, -0.2) is 0 Å². The topological polar surface area (TPSA) is 57.0 Å². The van der Waals surface area contributed by atoms with Crippen LogP contribution in [0.1, 0.15) is 28.3 Å². The second kappa shape index (κ2) is 7.72. The van der Waals surface area contributed by atoms with Crippen LogP contribution in [-0.2, 0) is 16.1 Å². The monoisotopic (exact) mass is 351 g/mol. The Morgan fingerprint density at radius 3 is 2.50 bits per heavy atom. The van der Waals surface area contributed by atoms with E-state index in [0.717, 1.165) is 34.7 Å². The Morgan fingerprint density at radius 2 is 1.81 bits per heavy atom. The maximum atomic E-state index is 5.76. The molecule has 0 saturated carbocycles. The minimum Gasteiger partial charge on any atom is -0.497 e. The van der Waals surface area contributed by atoms with E-state index in [-0.39, 0.29) is 12.0 Å². The predicted octanol–water partition coefficient (Wildman–Crippen LogP) is 3.78. The van der Waals surface area contributed by atoms with Gasteiger partial charge >= 0.3 is 0 Å². The van der Waals surface area contributed by atoms with Crippen molar-refractivity contribution in [1.29, 1.82) is 0 Å². The van der Waals surface area contributed by atoms with Crippen LogP contribution in [0.4, 0.5) is 0 Å². The molecule has 0 aliphatic carbocycles. The van der Waals surface area contributed by atoms with Crippen molar-refractivity contribution in [1.82, 2.24) is 5.16 Å². The molecule has 0 spiro atoms. The fraction of sp³-hybridized carbons (Fsp3) is 0.286. The second-order valence-electron chi connectivity index (χ2n) is 6.31. The largest absolute Gasteiger partial charge is 0.497 e. The van der Waals surface area contributed by atoms with Crippen LogP contribution < -0.4 is 4.74 Å². The van der Waals surface area contributed by atoms with Crippen molar-refractivity contribution in [2.24, 2.45) is 0 Å². The number of aromatic nitrogens is 1. The van der Waals surface area contributed by atoms with E-state index in [4.69, 9.17) is 18.7 Å². The zero-order chi connectivity index (χ0) is 17.8. The van der Waals surface area contributed by atoms with Crippen LogP contribution in [0.3, 0.4) is 0 Å². The molecule has 2 aromatic carbocycles. The summed E-state index contributed by atoms with van der Waals surface area (Å²) in [5.41, 5.74) is 4.10. The summed E-state index contributed by atoms with van der Waals surface area (Å²) in [4.78, 5) is 0. The fourth-order valence-electron chi connectivity index (χ4n) is 3.03. The highest BCUT2D eigenvalue weighted by Gasteiger charge is 2.25. The lowest BCUT2D eigenvalue weighted by atomic mass is 9.87. The maximum Gasteiger partial charge on any atom is 0.129 e. The normalized spacial score (nSPS) is 17.0. The number of ether oxygens (including phenoxy) is 3. The molecule has 2 heterocycles. The third-order valence-corrected chi connectivity index (χ3v) is 4.49. The van der Waals surface area contributed by atoms with Crippen molar-refractivity contribution in [2.45, 2.75) is 18.6 Å². The summed E-state index contributed by atoms with van der Waals surface area (Å²) in [5.74, 6) is 0.797. The highest BCUT2D eigenvalue weighted by Crippen LogP contribution is 2.34. The molecule has 4 rings (SSSR count). The van der Waals surface area contributed by atoms with Gasteiger partial charge in [0.25, 0.3) is 0 Å². The van der Waals surface area contributed by atoms with E-state index in [1.807, 2.05) is 30.3 Å². The molecule has 2 atom stereocenters. The molecule has 0 radical (unpaired) electrons. The van der Waals surface area contributed by atoms with Gasteiger partial charge in [-0.1, -0.05) is 47.6 Å². The van der Waals surface area contributed by atoms with Crippen LogP contribution in [-0.4, -0.2) is 31.6 Å². The molecule has 1 aliphatic heterocycles. The van der Waals surface area contributed by atoms with Crippen molar-refractivity contribution >= 4 is 0 Å². The average molecular weight is 351 g/mol. The third kappa shape index (κ3) is 3.79. The van der Waals surface area contributed by atoms with Crippen molar-refractivity contribution in [3.63, 3.8) is 0 Å². The number of benzene rings is 2. The first-order valence-corrected chi connectivity index (χ1v) is 8.66. The second-order valence-corrected chi connectivity index (χ2v) is 6.31. The molecule has 3 aromatic rings. The number of hydrogen-bond acceptors (Lipinski definition) is 5. The van der Waals surface area contributed by atoms with Crippen LogP contribution in [0, 0.1) is 0 Å². The molecule has 1 aromatic heterocycles. The molecule has 1 fully saturated rings. The molecule has 0 bridgehead atoms. The van der Waals surface area contributed by atoms with Gasteiger partial charge in [0, 0.05) is 5.56 Å². The lowest BCUT2D eigenvalue weighted by Gasteiger charge is -2.17. The molecule has 0 amide bonds. The van der Waals surface area contributed by atoms with Crippen LogP contribution in [0.2, 0.25) is 0 Å². The van der Waals surface area contributed by atoms with Crippen molar-refractivity contribution in [3.05, 3.63) is 83.2 Å². The summed E-state index contributed by atoms with van der Waals surface area (Å²) in [5, 5.41) is 4.31. The van der Waals surface area contributed by atoms with Gasteiger partial charge in [-0.15, -0.1) is 0 Å². The van der Waals surface area contributed by atoms with Gasteiger partial charge in [-0.2, -0.15) is 0 Å². The molecule has 5 heteroatoms. The number of methoxy groups -OCH3 is 1. The number of hydrogen-bond donors (Lipinski definition) is 0. The first kappa shape index (κ1) is 16.8. The highest BCUT2D eigenvalue weighted by atomic mass is 16.6. The molecule has 26 heavy (non-hydrogen) atoms. The highest BCUT2D eigenvalue weighted by molar-refractivity contribution is 5.43. The quantitative estimate of drug-likeness (QED) is 0.578. The van der Waals surface area contributed by atoms with Gasteiger partial charge in [0.05, 0.1) is 32.8 Å². The molecular formula is C21H21NO4. The Kier molecular flexibility index (Phi) is 5.00. The Hall–Kier alpha value is -2.63. The summed E-state index contributed by atoms with van der Waals surface area (Å²) < 4.78 is 21.5. The molecule has 1 aliphatic rings. The van der Waals surface area contributed by atoms with Gasteiger partial charge in [-0.05, 0) is 23.3 Å². The Bertz CT molecular complexity index is 825. The molecule has 2 unspecified atom stereocenters. The lowest BCUT2D eigenvalue weighted by Crippen LogP contribution is -2.08. The van der Waals surface area contributed by atoms with Gasteiger partial charge < -0.3 is 18.7 Å². The van der Waals surface area contributed by atoms with Gasteiger partial charge in [0.15, 0.2) is 0 Å². The SMILES string of the molecule is COc1ccc(C(c2ccccc2)c2nocc2COCC2CO2)cc1. The Morgan fingerprint density at radius 1 is 1.08 bits per heavy atom. The third-order valence-electron chi connectivity index (χ3n) is 4.49. The van der Waals surface area contributed by atoms with E-state index in [1.54, 1.807) is 13.4 Å². The summed E-state index contributed by atoms with van der Waals surface area (Å²) in [6.07, 6.45) is 1.91. The van der Waals surface area contributed by atoms with Crippen molar-refractivity contribution < 1.29 is 18.7 Å². The predicted molar refractivity (Wildman–Crippen MR) is 96.3 cm³/mol. The molecule has 5 nitrogen and oxygen atoms in total. The van der Waals surface area contributed by atoms with E-state index in [2.05, 4.69) is 29.4 Å². The number of nitrogens with zero attached hydrogens (tertiary/aromatic N) is 1. The number of epoxide rings is 1. The van der Waals surface area contributed by atoms with Crippen molar-refractivity contribution in [3.8, 4) is 5.75 Å². The molecule has 134 valence electrons. The van der Waals surface area contributed by atoms with Crippen LogP contribution in [0.15, 0.2) is 65.4 Å². The van der Waals surface area contributed by atoms with Gasteiger partial charge in [0.2, 0.25) is 0 Å². The summed E-state index contributed by atoms with van der Waals surface area (Å²) in [7, 11) is 1.67. The fourth-order valence-corrected chi connectivity index (χ4v) is 3.03. The maximum absolute atomic E-state index is 5.76. The first-order valence-electron chi connectivity index (χ1n) is 8.66. The van der Waals surface area contributed by atoms with Crippen LogP contribution in [0.25, 0.3) is 0 Å². The van der Waals surface area contributed by atoms with Gasteiger partial charge in [-0.3, -0.25) is 0 Å². The van der Waals surface area contributed by atoms with Crippen molar-refractivity contribution in [2.75, 3.05) is 20.3 Å². The first-order chi connectivity index (χ1) is 12.8. The Labute approximate surface area is 152 Å². The Balaban J connectivity index is 1.65. The minimum atomic E-state index is -0.0309. The van der Waals surface area contributed by atoms with E-state index < -0.39 is 0 Å². The molecule has 0 N–H and O–H groups in total. The summed E-state index contributed by atoms with van der Waals surface area (Å²) in [6, 6.07) is 18.3. The zero-order valence-electron chi connectivity index (χ0n) is 14.6. The van der Waals surface area contributed by atoms with E-state index in [1.165, 1.54) is 0 Å². The summed E-state index contributed by atoms with van der Waals surface area (Å²) in [6.45, 7) is 1.84. The smallest absolute Gasteiger partial charge is 0.129 e. The van der Waals surface area contributed by atoms with E-state index in [0.29, 0.717) is 13.2 Å².